The molecule has 0 fully saturated rings. The van der Waals surface area contributed by atoms with E-state index in [0.29, 0.717) is 11.4 Å². The molecule has 0 amide bonds. The average Bonchev–Trinajstić information content (AvgIpc) is 2.74. The van der Waals surface area contributed by atoms with Gasteiger partial charge in [0.2, 0.25) is 15.6 Å². The van der Waals surface area contributed by atoms with Crippen molar-refractivity contribution in [2.24, 2.45) is 0 Å². The second-order valence-electron chi connectivity index (χ2n) is 7.19. The monoisotopic (exact) mass is 421 g/mol. The van der Waals surface area contributed by atoms with E-state index in [4.69, 9.17) is 0 Å². The van der Waals surface area contributed by atoms with Crippen molar-refractivity contribution in [3.05, 3.63) is 100 Å². The fourth-order valence-corrected chi connectivity index (χ4v) is 4.96. The van der Waals surface area contributed by atoms with Crippen LogP contribution in [-0.4, -0.2) is 14.2 Å². The van der Waals surface area contributed by atoms with E-state index in [1.54, 1.807) is 29.2 Å². The van der Waals surface area contributed by atoms with Crippen LogP contribution in [0.5, 0.6) is 0 Å². The van der Waals surface area contributed by atoms with Crippen LogP contribution < -0.4 is 4.90 Å². The maximum Gasteiger partial charge on any atom is 0.214 e. The van der Waals surface area contributed by atoms with Gasteiger partial charge in [0, 0.05) is 17.5 Å². The average molecular weight is 421 g/mol. The molecular weight excluding hydrogens is 401 g/mol. The third kappa shape index (κ3) is 3.44. The van der Waals surface area contributed by atoms with Crippen LogP contribution in [0.2, 0.25) is 0 Å². The van der Waals surface area contributed by atoms with E-state index in [1.165, 1.54) is 18.3 Å². The minimum Gasteiger partial charge on any atom is -0.314 e. The minimum absolute atomic E-state index is 0.223. The number of fused-ring (bicyclic) bond motifs is 1. The summed E-state index contributed by atoms with van der Waals surface area (Å²) >= 11 is 0. The van der Waals surface area contributed by atoms with Crippen molar-refractivity contribution >= 4 is 27.0 Å². The quantitative estimate of drug-likeness (QED) is 0.533. The molecule has 4 rings (SSSR count). The van der Waals surface area contributed by atoms with E-state index in [-0.39, 0.29) is 15.4 Å². The maximum absolute atomic E-state index is 14.0. The number of aryl methyl sites for hydroxylation is 2. The molecule has 4 nitrogen and oxygen atoms in total. The molecule has 30 heavy (non-hydrogen) atoms. The highest BCUT2D eigenvalue weighted by Gasteiger charge is 2.36. The first-order valence-corrected chi connectivity index (χ1v) is 11.1. The smallest absolute Gasteiger partial charge is 0.214 e. The SMILES string of the molecule is CCc1ccc(C(=O)C2=CN(c3ccc(C)cc3)c3ccc(F)cc3S2(=O)=O)cc1. The number of halogens is 1. The number of benzene rings is 3. The number of carbonyl (C=O) groups excluding carboxylic acids is 1. The van der Waals surface area contributed by atoms with Gasteiger partial charge in [0.15, 0.2) is 0 Å². The zero-order valence-corrected chi connectivity index (χ0v) is 17.4. The second-order valence-corrected chi connectivity index (χ2v) is 9.08. The molecule has 6 heteroatoms. The van der Waals surface area contributed by atoms with Crippen LogP contribution in [-0.2, 0) is 16.3 Å². The Labute approximate surface area is 175 Å². The Hall–Kier alpha value is -3.25. The molecule has 0 atom stereocenters. The number of sulfone groups is 1. The normalized spacial score (nSPS) is 14.8. The number of hydrogen-bond donors (Lipinski definition) is 0. The fourth-order valence-electron chi connectivity index (χ4n) is 3.41. The Bertz CT molecular complexity index is 1260. The van der Waals surface area contributed by atoms with Gasteiger partial charge in [-0.05, 0) is 49.2 Å². The summed E-state index contributed by atoms with van der Waals surface area (Å²) in [7, 11) is -4.19. The summed E-state index contributed by atoms with van der Waals surface area (Å²) in [5.74, 6) is -1.30. The van der Waals surface area contributed by atoms with Crippen LogP contribution in [0.3, 0.4) is 0 Å². The molecular formula is C24H20FNO3S. The molecule has 1 aliphatic heterocycles. The van der Waals surface area contributed by atoms with E-state index in [9.17, 15) is 17.6 Å². The number of anilines is 2. The van der Waals surface area contributed by atoms with Gasteiger partial charge in [-0.15, -0.1) is 0 Å². The summed E-state index contributed by atoms with van der Waals surface area (Å²) in [5.41, 5.74) is 3.33. The molecule has 0 saturated heterocycles. The lowest BCUT2D eigenvalue weighted by molar-refractivity contribution is 0.104. The van der Waals surface area contributed by atoms with Gasteiger partial charge in [-0.25, -0.2) is 12.8 Å². The highest BCUT2D eigenvalue weighted by molar-refractivity contribution is 7.96. The first-order chi connectivity index (χ1) is 14.3. The van der Waals surface area contributed by atoms with Crippen molar-refractivity contribution in [3.63, 3.8) is 0 Å². The molecule has 0 spiro atoms. The van der Waals surface area contributed by atoms with Crippen LogP contribution in [0.1, 0.15) is 28.4 Å². The standard InChI is InChI=1S/C24H20FNO3S/c1-3-17-6-8-18(9-7-17)24(27)23-15-26(20-11-4-16(2)5-12-20)21-13-10-19(25)14-22(21)30(23,28)29/h4-15H,3H2,1-2H3. The van der Waals surface area contributed by atoms with Gasteiger partial charge in [-0.1, -0.05) is 48.9 Å². The first-order valence-electron chi connectivity index (χ1n) is 9.57. The first kappa shape index (κ1) is 20.0. The highest BCUT2D eigenvalue weighted by Crippen LogP contribution is 2.40. The van der Waals surface area contributed by atoms with Crippen LogP contribution in [0.4, 0.5) is 15.8 Å². The maximum atomic E-state index is 14.0. The van der Waals surface area contributed by atoms with Gasteiger partial charge in [0.05, 0.1) is 10.6 Å². The Morgan fingerprint density at radius 2 is 1.63 bits per heavy atom. The van der Waals surface area contributed by atoms with E-state index < -0.39 is 21.4 Å². The van der Waals surface area contributed by atoms with Crippen molar-refractivity contribution in [1.29, 1.82) is 0 Å². The zero-order valence-electron chi connectivity index (χ0n) is 16.6. The van der Waals surface area contributed by atoms with E-state index >= 15 is 0 Å². The minimum atomic E-state index is -4.19. The third-order valence-electron chi connectivity index (χ3n) is 5.17. The Kier molecular flexibility index (Phi) is 5.03. The third-order valence-corrected chi connectivity index (χ3v) is 6.94. The topological polar surface area (TPSA) is 54.5 Å². The largest absolute Gasteiger partial charge is 0.314 e. The molecule has 1 heterocycles. The number of hydrogen-bond acceptors (Lipinski definition) is 4. The molecule has 0 N–H and O–H groups in total. The number of rotatable bonds is 4. The van der Waals surface area contributed by atoms with Crippen LogP contribution >= 0.6 is 0 Å². The fraction of sp³-hybridized carbons (Fsp3) is 0.125. The summed E-state index contributed by atoms with van der Waals surface area (Å²) in [5, 5.41) is 0. The van der Waals surface area contributed by atoms with Crippen molar-refractivity contribution in [2.45, 2.75) is 25.2 Å². The van der Waals surface area contributed by atoms with Crippen molar-refractivity contribution in [2.75, 3.05) is 4.90 Å². The molecule has 0 radical (unpaired) electrons. The molecule has 0 saturated carbocycles. The van der Waals surface area contributed by atoms with Gasteiger partial charge in [0.25, 0.3) is 0 Å². The van der Waals surface area contributed by atoms with Gasteiger partial charge in [0.1, 0.15) is 10.7 Å². The second kappa shape index (κ2) is 7.54. The number of nitrogens with zero attached hydrogens (tertiary/aromatic N) is 1. The predicted octanol–water partition coefficient (Wildman–Crippen LogP) is 5.35. The van der Waals surface area contributed by atoms with E-state index in [0.717, 1.165) is 23.6 Å². The van der Waals surface area contributed by atoms with Crippen LogP contribution in [0.15, 0.2) is 82.7 Å². The zero-order chi connectivity index (χ0) is 21.5. The summed E-state index contributed by atoms with van der Waals surface area (Å²) < 4.78 is 40.5. The molecule has 152 valence electrons. The Balaban J connectivity index is 1.89. The number of ketones is 1. The Morgan fingerprint density at radius 3 is 2.27 bits per heavy atom. The lowest BCUT2D eigenvalue weighted by Crippen LogP contribution is -2.26. The van der Waals surface area contributed by atoms with Crippen molar-refractivity contribution < 1.29 is 17.6 Å². The van der Waals surface area contributed by atoms with Gasteiger partial charge < -0.3 is 4.90 Å². The van der Waals surface area contributed by atoms with Crippen molar-refractivity contribution in [1.82, 2.24) is 0 Å². The molecule has 1 aliphatic rings. The van der Waals surface area contributed by atoms with Crippen LogP contribution in [0.25, 0.3) is 0 Å². The molecule has 0 aliphatic carbocycles. The van der Waals surface area contributed by atoms with Gasteiger partial charge in [-0.3, -0.25) is 4.79 Å². The van der Waals surface area contributed by atoms with Crippen molar-refractivity contribution in [3.8, 4) is 0 Å². The van der Waals surface area contributed by atoms with Crippen LogP contribution in [0, 0.1) is 12.7 Å². The summed E-state index contributed by atoms with van der Waals surface area (Å²) in [4.78, 5) is 14.2. The van der Waals surface area contributed by atoms with Gasteiger partial charge in [-0.2, -0.15) is 0 Å². The summed E-state index contributed by atoms with van der Waals surface area (Å²) in [6, 6.07) is 17.9. The number of allylic oxidation sites excluding steroid dienone is 1. The number of Topliss-reactive ketones (excluding diaryl/α,β-unsaturated/α-hetero) is 1. The number of carbonyl (C=O) groups is 1. The van der Waals surface area contributed by atoms with E-state index in [1.807, 2.05) is 38.1 Å². The summed E-state index contributed by atoms with van der Waals surface area (Å²) in [6.07, 6.45) is 2.14. The Morgan fingerprint density at radius 1 is 0.967 bits per heavy atom. The lowest BCUT2D eigenvalue weighted by Gasteiger charge is -2.29. The highest BCUT2D eigenvalue weighted by atomic mass is 32.2. The molecule has 3 aromatic carbocycles. The lowest BCUT2D eigenvalue weighted by atomic mass is 10.1. The van der Waals surface area contributed by atoms with E-state index in [2.05, 4.69) is 0 Å². The summed E-state index contributed by atoms with van der Waals surface area (Å²) in [6.45, 7) is 3.94. The predicted molar refractivity (Wildman–Crippen MR) is 115 cm³/mol. The van der Waals surface area contributed by atoms with Gasteiger partial charge >= 0.3 is 0 Å². The molecule has 0 bridgehead atoms. The molecule has 0 unspecified atom stereocenters. The molecule has 3 aromatic rings. The molecule has 0 aromatic heterocycles.